The van der Waals surface area contributed by atoms with E-state index in [1.807, 2.05) is 24.3 Å². The molecule has 0 aliphatic rings. The van der Waals surface area contributed by atoms with Crippen LogP contribution in [0.3, 0.4) is 0 Å². The number of halogens is 1. The average Bonchev–Trinajstić information content (AvgIpc) is 3.02. The summed E-state index contributed by atoms with van der Waals surface area (Å²) in [5.74, 6) is 0.0283. The lowest BCUT2D eigenvalue weighted by atomic mass is 10.2. The maximum atomic E-state index is 11.8. The predicted molar refractivity (Wildman–Crippen MR) is 83.3 cm³/mol. The highest BCUT2D eigenvalue weighted by Gasteiger charge is 2.13. The molecule has 3 aromatic rings. The molecule has 0 spiro atoms. The van der Waals surface area contributed by atoms with E-state index in [0.717, 1.165) is 15.7 Å². The minimum Gasteiger partial charge on any atom is -0.451 e. The fraction of sp³-hybridized carbons (Fsp3) is 0.133. The lowest BCUT2D eigenvalue weighted by Gasteiger charge is -2.00. The Morgan fingerprint density at radius 1 is 1.30 bits per heavy atom. The third kappa shape index (κ3) is 3.78. The van der Waals surface area contributed by atoms with Gasteiger partial charge < -0.3 is 9.26 Å². The summed E-state index contributed by atoms with van der Waals surface area (Å²) in [5.41, 5.74) is 1.64. The van der Waals surface area contributed by atoms with Crippen molar-refractivity contribution in [2.75, 3.05) is 0 Å². The second-order valence-electron chi connectivity index (χ2n) is 4.64. The van der Waals surface area contributed by atoms with Gasteiger partial charge in [0.05, 0.1) is 11.9 Å². The van der Waals surface area contributed by atoms with Gasteiger partial charge >= 0.3 is 5.97 Å². The van der Waals surface area contributed by atoms with Crippen molar-refractivity contribution in [2.24, 2.45) is 0 Å². The molecule has 0 aliphatic heterocycles. The largest absolute Gasteiger partial charge is 0.451 e. The SMILES string of the molecule is Cc1cnc(C(=O)OCc2nc(-c3cccc(Br)c3)no2)cn1. The molecule has 0 N–H and O–H groups in total. The van der Waals surface area contributed by atoms with Crippen molar-refractivity contribution >= 4 is 21.9 Å². The molecule has 0 amide bonds. The number of ether oxygens (including phenoxy) is 1. The molecule has 0 unspecified atom stereocenters. The molecule has 2 heterocycles. The summed E-state index contributed by atoms with van der Waals surface area (Å²) >= 11 is 3.38. The van der Waals surface area contributed by atoms with Gasteiger partial charge in [0.2, 0.25) is 5.82 Å². The molecule has 0 atom stereocenters. The first-order chi connectivity index (χ1) is 11.1. The molecule has 0 saturated heterocycles. The predicted octanol–water partition coefficient (Wildman–Crippen LogP) is 2.95. The van der Waals surface area contributed by atoms with E-state index in [4.69, 9.17) is 9.26 Å². The Morgan fingerprint density at radius 3 is 2.91 bits per heavy atom. The highest BCUT2D eigenvalue weighted by molar-refractivity contribution is 9.10. The normalized spacial score (nSPS) is 10.5. The summed E-state index contributed by atoms with van der Waals surface area (Å²) in [6.45, 7) is 1.65. The van der Waals surface area contributed by atoms with Crippen molar-refractivity contribution in [3.05, 3.63) is 58.4 Å². The molecule has 2 aromatic heterocycles. The Hall–Kier alpha value is -2.61. The topological polar surface area (TPSA) is 91.0 Å². The number of nitrogens with zero attached hydrogens (tertiary/aromatic N) is 4. The zero-order valence-corrected chi connectivity index (χ0v) is 13.6. The van der Waals surface area contributed by atoms with Crippen molar-refractivity contribution in [3.8, 4) is 11.4 Å². The molecular weight excluding hydrogens is 364 g/mol. The van der Waals surface area contributed by atoms with Crippen LogP contribution in [-0.2, 0) is 11.3 Å². The van der Waals surface area contributed by atoms with Gasteiger partial charge in [0.1, 0.15) is 0 Å². The molecule has 3 rings (SSSR count). The van der Waals surface area contributed by atoms with Crippen molar-refractivity contribution in [2.45, 2.75) is 13.5 Å². The lowest BCUT2D eigenvalue weighted by molar-refractivity contribution is 0.0422. The first kappa shape index (κ1) is 15.3. The number of carbonyl (C=O) groups is 1. The van der Waals surface area contributed by atoms with Crippen LogP contribution in [0.5, 0.6) is 0 Å². The fourth-order valence-corrected chi connectivity index (χ4v) is 2.16. The number of hydrogen-bond donors (Lipinski definition) is 0. The minimum absolute atomic E-state index is 0.127. The van der Waals surface area contributed by atoms with E-state index < -0.39 is 5.97 Å². The smallest absolute Gasteiger partial charge is 0.359 e. The molecule has 116 valence electrons. The highest BCUT2D eigenvalue weighted by Crippen LogP contribution is 2.20. The first-order valence-electron chi connectivity index (χ1n) is 6.66. The van der Waals surface area contributed by atoms with E-state index in [9.17, 15) is 4.79 Å². The van der Waals surface area contributed by atoms with Crippen molar-refractivity contribution in [3.63, 3.8) is 0 Å². The molecule has 0 fully saturated rings. The van der Waals surface area contributed by atoms with Crippen LogP contribution >= 0.6 is 15.9 Å². The second-order valence-corrected chi connectivity index (χ2v) is 5.56. The molecule has 0 bridgehead atoms. The highest BCUT2D eigenvalue weighted by atomic mass is 79.9. The molecule has 0 aliphatic carbocycles. The Balaban J connectivity index is 1.65. The molecule has 23 heavy (non-hydrogen) atoms. The second kappa shape index (κ2) is 6.66. The Bertz CT molecular complexity index is 833. The zero-order valence-electron chi connectivity index (χ0n) is 12.1. The van der Waals surface area contributed by atoms with Crippen LogP contribution in [0.2, 0.25) is 0 Å². The van der Waals surface area contributed by atoms with Gasteiger partial charge in [-0.2, -0.15) is 4.98 Å². The van der Waals surface area contributed by atoms with Crippen LogP contribution in [0.1, 0.15) is 22.1 Å². The molecule has 1 aromatic carbocycles. The van der Waals surface area contributed by atoms with Crippen LogP contribution < -0.4 is 0 Å². The number of esters is 1. The van der Waals surface area contributed by atoms with Crippen LogP contribution in [0, 0.1) is 6.92 Å². The van der Waals surface area contributed by atoms with E-state index in [-0.39, 0.29) is 18.2 Å². The van der Waals surface area contributed by atoms with Gasteiger partial charge in [-0.1, -0.05) is 33.2 Å². The number of aromatic nitrogens is 4. The van der Waals surface area contributed by atoms with Crippen LogP contribution in [0.25, 0.3) is 11.4 Å². The van der Waals surface area contributed by atoms with Gasteiger partial charge in [-0.25, -0.2) is 9.78 Å². The summed E-state index contributed by atoms with van der Waals surface area (Å²) in [4.78, 5) is 24.0. The van der Waals surface area contributed by atoms with Crippen LogP contribution in [-0.4, -0.2) is 26.1 Å². The van der Waals surface area contributed by atoms with Gasteiger partial charge in [-0.15, -0.1) is 0 Å². The summed E-state index contributed by atoms with van der Waals surface area (Å²) < 4.78 is 11.1. The summed E-state index contributed by atoms with van der Waals surface area (Å²) in [5, 5.41) is 3.86. The van der Waals surface area contributed by atoms with Gasteiger partial charge in [-0.05, 0) is 19.1 Å². The fourth-order valence-electron chi connectivity index (χ4n) is 1.76. The maximum Gasteiger partial charge on any atom is 0.359 e. The van der Waals surface area contributed by atoms with E-state index in [0.29, 0.717) is 5.82 Å². The van der Waals surface area contributed by atoms with Crippen LogP contribution in [0.4, 0.5) is 0 Å². The lowest BCUT2D eigenvalue weighted by Crippen LogP contribution is -2.08. The minimum atomic E-state index is -0.597. The summed E-state index contributed by atoms with van der Waals surface area (Å²) in [6, 6.07) is 7.48. The molecule has 8 heteroatoms. The summed E-state index contributed by atoms with van der Waals surface area (Å²) in [7, 11) is 0. The maximum absolute atomic E-state index is 11.8. The number of carbonyl (C=O) groups excluding carboxylic acids is 1. The van der Waals surface area contributed by atoms with Crippen molar-refractivity contribution in [1.82, 2.24) is 20.1 Å². The number of rotatable bonds is 4. The van der Waals surface area contributed by atoms with Crippen molar-refractivity contribution < 1.29 is 14.1 Å². The molecule has 0 radical (unpaired) electrons. The third-order valence-corrected chi connectivity index (χ3v) is 3.36. The van der Waals surface area contributed by atoms with Gasteiger partial charge in [-0.3, -0.25) is 4.98 Å². The Kier molecular flexibility index (Phi) is 4.42. The Morgan fingerprint density at radius 2 is 2.17 bits per heavy atom. The standard InChI is InChI=1S/C15H11BrN4O3/c1-9-6-18-12(7-17-9)15(21)22-8-13-19-14(20-23-13)10-3-2-4-11(16)5-10/h2-7H,8H2,1H3. The van der Waals surface area contributed by atoms with E-state index in [1.54, 1.807) is 6.92 Å². The molecular formula is C15H11BrN4O3. The van der Waals surface area contributed by atoms with Gasteiger partial charge in [0.25, 0.3) is 5.89 Å². The quantitative estimate of drug-likeness (QED) is 0.648. The number of benzene rings is 1. The van der Waals surface area contributed by atoms with E-state index in [2.05, 4.69) is 36.0 Å². The zero-order chi connectivity index (χ0) is 16.2. The van der Waals surface area contributed by atoms with E-state index >= 15 is 0 Å². The van der Waals surface area contributed by atoms with Crippen molar-refractivity contribution in [1.29, 1.82) is 0 Å². The van der Waals surface area contributed by atoms with Gasteiger partial charge in [0.15, 0.2) is 12.3 Å². The van der Waals surface area contributed by atoms with Gasteiger partial charge in [0, 0.05) is 16.2 Å². The number of hydrogen-bond acceptors (Lipinski definition) is 7. The Labute approximate surface area is 139 Å². The third-order valence-electron chi connectivity index (χ3n) is 2.87. The monoisotopic (exact) mass is 374 g/mol. The summed E-state index contributed by atoms with van der Waals surface area (Å²) in [6.07, 6.45) is 2.85. The first-order valence-corrected chi connectivity index (χ1v) is 7.45. The van der Waals surface area contributed by atoms with E-state index in [1.165, 1.54) is 12.4 Å². The van der Waals surface area contributed by atoms with Crippen LogP contribution in [0.15, 0.2) is 45.7 Å². The molecule has 7 nitrogen and oxygen atoms in total. The average molecular weight is 375 g/mol. The molecule has 0 saturated carbocycles. The number of aryl methyl sites for hydroxylation is 1.